The molecule has 1 aromatic carbocycles. The predicted molar refractivity (Wildman–Crippen MR) is 81.7 cm³/mol. The molecule has 0 radical (unpaired) electrons. The van der Waals surface area contributed by atoms with Crippen LogP contribution in [-0.4, -0.2) is 39.0 Å². The number of amides is 1. The van der Waals surface area contributed by atoms with Gasteiger partial charge in [-0.15, -0.1) is 0 Å². The average molecular weight is 309 g/mol. The molecule has 0 fully saturated rings. The number of halogens is 1. The van der Waals surface area contributed by atoms with Gasteiger partial charge in [0.1, 0.15) is 11.2 Å². The molecule has 112 valence electrons. The van der Waals surface area contributed by atoms with Gasteiger partial charge in [-0.2, -0.15) is 0 Å². The average Bonchev–Trinajstić information content (AvgIpc) is 2.70. The monoisotopic (exact) mass is 308 g/mol. The number of aromatic nitrogens is 1. The summed E-state index contributed by atoms with van der Waals surface area (Å²) >= 11 is 6.32. The number of fused-ring (bicyclic) bond motifs is 1. The van der Waals surface area contributed by atoms with Gasteiger partial charge in [0.2, 0.25) is 0 Å². The lowest BCUT2D eigenvalue weighted by Gasteiger charge is -2.31. The van der Waals surface area contributed by atoms with Crippen LogP contribution in [0.2, 0.25) is 5.02 Å². The molecule has 6 heteroatoms. The Kier molecular flexibility index (Phi) is 3.72. The topological polar surface area (TPSA) is 62.5 Å². The molecule has 0 saturated carbocycles. The fraction of sp³-hybridized carbons (Fsp3) is 0.333. The summed E-state index contributed by atoms with van der Waals surface area (Å²) in [5, 5.41) is 10.4. The molecule has 2 rings (SSSR count). The Morgan fingerprint density at radius 2 is 1.86 bits per heavy atom. The van der Waals surface area contributed by atoms with Gasteiger partial charge in [-0.05, 0) is 19.9 Å². The Morgan fingerprint density at radius 1 is 1.29 bits per heavy atom. The molecule has 1 N–H and O–H groups in total. The van der Waals surface area contributed by atoms with Gasteiger partial charge in [0, 0.05) is 25.0 Å². The third kappa shape index (κ3) is 2.27. The molecule has 0 aliphatic carbocycles. The van der Waals surface area contributed by atoms with Crippen molar-refractivity contribution in [3.8, 4) is 0 Å². The number of hydrogen-bond donors (Lipinski definition) is 1. The number of carbonyl (C=O) groups excluding carboxylic acids is 1. The molecule has 0 bridgehead atoms. The molecule has 0 aliphatic heterocycles. The number of carbonyl (C=O) groups is 2. The number of carboxylic acid groups (broad SMARTS) is 1. The Hall–Kier alpha value is -2.01. The van der Waals surface area contributed by atoms with Crippen LogP contribution in [0.25, 0.3) is 10.9 Å². The highest BCUT2D eigenvalue weighted by Crippen LogP contribution is 2.31. The van der Waals surface area contributed by atoms with Crippen LogP contribution >= 0.6 is 11.6 Å². The van der Waals surface area contributed by atoms with Crippen molar-refractivity contribution in [1.82, 2.24) is 9.47 Å². The summed E-state index contributed by atoms with van der Waals surface area (Å²) in [6, 6.07) is 7.39. The van der Waals surface area contributed by atoms with E-state index in [2.05, 4.69) is 0 Å². The highest BCUT2D eigenvalue weighted by atomic mass is 35.5. The third-order valence-electron chi connectivity index (χ3n) is 3.91. The van der Waals surface area contributed by atoms with Crippen molar-refractivity contribution in [2.45, 2.75) is 19.4 Å². The minimum Gasteiger partial charge on any atom is -0.480 e. The largest absolute Gasteiger partial charge is 0.480 e. The Labute approximate surface area is 127 Å². The maximum absolute atomic E-state index is 12.7. The molecule has 0 saturated heterocycles. The molecule has 0 unspecified atom stereocenters. The highest BCUT2D eigenvalue weighted by molar-refractivity contribution is 6.38. The second-order valence-corrected chi connectivity index (χ2v) is 5.85. The molecule has 2 aromatic rings. The third-order valence-corrected chi connectivity index (χ3v) is 4.30. The van der Waals surface area contributed by atoms with Gasteiger partial charge in [-0.25, -0.2) is 4.79 Å². The summed E-state index contributed by atoms with van der Waals surface area (Å²) in [6.07, 6.45) is 0. The molecule has 0 aliphatic rings. The van der Waals surface area contributed by atoms with E-state index < -0.39 is 17.4 Å². The number of hydrogen-bond acceptors (Lipinski definition) is 2. The maximum atomic E-state index is 12.7. The molecule has 1 aromatic heterocycles. The molecular weight excluding hydrogens is 292 g/mol. The van der Waals surface area contributed by atoms with Crippen LogP contribution in [0.4, 0.5) is 0 Å². The quantitative estimate of drug-likeness (QED) is 0.948. The van der Waals surface area contributed by atoms with Crippen LogP contribution in [0, 0.1) is 0 Å². The van der Waals surface area contributed by atoms with Gasteiger partial charge in [0.05, 0.1) is 5.02 Å². The fourth-order valence-electron chi connectivity index (χ4n) is 2.14. The van der Waals surface area contributed by atoms with Crippen molar-refractivity contribution in [2.24, 2.45) is 7.05 Å². The summed E-state index contributed by atoms with van der Waals surface area (Å²) in [6.45, 7) is 2.95. The summed E-state index contributed by atoms with van der Waals surface area (Å²) in [4.78, 5) is 25.2. The number of nitrogens with zero attached hydrogens (tertiary/aromatic N) is 2. The van der Waals surface area contributed by atoms with Gasteiger partial charge in [-0.1, -0.05) is 29.8 Å². The molecule has 5 nitrogen and oxygen atoms in total. The summed E-state index contributed by atoms with van der Waals surface area (Å²) in [5.41, 5.74) is -0.210. The second-order valence-electron chi connectivity index (χ2n) is 5.47. The van der Waals surface area contributed by atoms with Crippen LogP contribution in [0.5, 0.6) is 0 Å². The standard InChI is InChI=1S/C15H17ClN2O3/c1-15(2,14(20)21)18(4)13(19)12-11(16)9-7-5-6-8-10(9)17(12)3/h5-8H,1-4H3,(H,20,21). The molecule has 1 heterocycles. The van der Waals surface area contributed by atoms with Crippen LogP contribution in [0.3, 0.4) is 0 Å². The Morgan fingerprint density at radius 3 is 2.38 bits per heavy atom. The van der Waals surface area contributed by atoms with E-state index in [1.54, 1.807) is 11.6 Å². The number of likely N-dealkylation sites (N-methyl/N-ethyl adjacent to an activating group) is 1. The summed E-state index contributed by atoms with van der Waals surface area (Å²) in [7, 11) is 3.20. The van der Waals surface area contributed by atoms with Crippen LogP contribution in [0.15, 0.2) is 24.3 Å². The number of aryl methyl sites for hydroxylation is 1. The van der Waals surface area contributed by atoms with Crippen LogP contribution in [0.1, 0.15) is 24.3 Å². The van der Waals surface area contributed by atoms with E-state index in [1.165, 1.54) is 25.8 Å². The van der Waals surface area contributed by atoms with Crippen molar-refractivity contribution in [3.05, 3.63) is 35.0 Å². The van der Waals surface area contributed by atoms with Crippen LogP contribution in [-0.2, 0) is 11.8 Å². The van der Waals surface area contributed by atoms with Crippen molar-refractivity contribution < 1.29 is 14.7 Å². The van der Waals surface area contributed by atoms with Crippen LogP contribution < -0.4 is 0 Å². The van der Waals surface area contributed by atoms with Crippen molar-refractivity contribution in [2.75, 3.05) is 7.05 Å². The minimum atomic E-state index is -1.32. The van der Waals surface area contributed by atoms with E-state index >= 15 is 0 Å². The lowest BCUT2D eigenvalue weighted by Crippen LogP contribution is -2.51. The first kappa shape index (κ1) is 15.4. The first-order chi connectivity index (χ1) is 9.69. The number of aliphatic carboxylic acids is 1. The van der Waals surface area contributed by atoms with Crippen molar-refractivity contribution >= 4 is 34.4 Å². The van der Waals surface area contributed by atoms with Gasteiger partial charge in [-0.3, -0.25) is 4.79 Å². The lowest BCUT2D eigenvalue weighted by molar-refractivity contribution is -0.147. The summed E-state index contributed by atoms with van der Waals surface area (Å²) < 4.78 is 1.69. The molecular formula is C15H17ClN2O3. The normalized spacial score (nSPS) is 11.7. The predicted octanol–water partition coefficient (Wildman–Crippen LogP) is 2.77. The Balaban J connectivity index is 2.57. The van der Waals surface area contributed by atoms with E-state index in [-0.39, 0.29) is 5.69 Å². The number of benzene rings is 1. The first-order valence-electron chi connectivity index (χ1n) is 6.44. The molecule has 0 atom stereocenters. The molecule has 21 heavy (non-hydrogen) atoms. The lowest BCUT2D eigenvalue weighted by atomic mass is 10.0. The SMILES string of the molecule is CN(C(=O)c1c(Cl)c2ccccc2n1C)C(C)(C)C(=O)O. The zero-order chi connectivity index (χ0) is 15.9. The van der Waals surface area contributed by atoms with E-state index in [9.17, 15) is 14.7 Å². The second kappa shape index (κ2) is 5.07. The van der Waals surface area contributed by atoms with Gasteiger partial charge < -0.3 is 14.6 Å². The van der Waals surface area contributed by atoms with Crippen molar-refractivity contribution in [3.63, 3.8) is 0 Å². The van der Waals surface area contributed by atoms with E-state index in [0.717, 1.165) is 10.9 Å². The van der Waals surface area contributed by atoms with Crippen molar-refractivity contribution in [1.29, 1.82) is 0 Å². The first-order valence-corrected chi connectivity index (χ1v) is 6.82. The van der Waals surface area contributed by atoms with Gasteiger partial charge in [0.15, 0.2) is 0 Å². The molecule has 1 amide bonds. The number of carboxylic acids is 1. The smallest absolute Gasteiger partial charge is 0.329 e. The number of rotatable bonds is 3. The molecule has 0 spiro atoms. The number of para-hydroxylation sites is 1. The fourth-order valence-corrected chi connectivity index (χ4v) is 2.51. The summed E-state index contributed by atoms with van der Waals surface area (Å²) in [5.74, 6) is -1.50. The zero-order valence-corrected chi connectivity index (χ0v) is 13.1. The minimum absolute atomic E-state index is 0.287. The zero-order valence-electron chi connectivity index (χ0n) is 12.3. The Bertz CT molecular complexity index is 695. The highest BCUT2D eigenvalue weighted by Gasteiger charge is 2.37. The van der Waals surface area contributed by atoms with Gasteiger partial charge >= 0.3 is 5.97 Å². The van der Waals surface area contributed by atoms with E-state index in [0.29, 0.717) is 5.02 Å². The van der Waals surface area contributed by atoms with E-state index in [4.69, 9.17) is 11.6 Å². The maximum Gasteiger partial charge on any atom is 0.329 e. The van der Waals surface area contributed by atoms with E-state index in [1.807, 2.05) is 24.3 Å². The van der Waals surface area contributed by atoms with Gasteiger partial charge in [0.25, 0.3) is 5.91 Å².